The molecule has 2 aromatic rings. The van der Waals surface area contributed by atoms with Crippen LogP contribution in [0.2, 0.25) is 0 Å². The molecule has 0 aliphatic carbocycles. The van der Waals surface area contributed by atoms with Gasteiger partial charge in [-0.05, 0) is 78.3 Å². The van der Waals surface area contributed by atoms with E-state index in [9.17, 15) is 28.0 Å². The van der Waals surface area contributed by atoms with Crippen LogP contribution in [0.15, 0.2) is 59.6 Å². The summed E-state index contributed by atoms with van der Waals surface area (Å²) in [6, 6.07) is 13.6. The maximum absolute atomic E-state index is 13.9. The Bertz CT molecular complexity index is 1270. The van der Waals surface area contributed by atoms with Gasteiger partial charge >= 0.3 is 24.2 Å². The number of ether oxygens (including phenoxy) is 4. The summed E-state index contributed by atoms with van der Waals surface area (Å²) in [7, 11) is 0. The van der Waals surface area contributed by atoms with E-state index < -0.39 is 47.4 Å². The predicted molar refractivity (Wildman–Crippen MR) is 152 cm³/mol. The number of amides is 3. The number of alkyl carbamates (subject to hydrolysis) is 3. The van der Waals surface area contributed by atoms with Gasteiger partial charge in [-0.15, -0.1) is 0 Å². The molecule has 12 nitrogen and oxygen atoms in total. The number of nitrogens with one attached hydrogen (secondary N) is 3. The van der Waals surface area contributed by atoms with Gasteiger partial charge < -0.3 is 24.3 Å². The maximum Gasteiger partial charge on any atom is 0.414 e. The van der Waals surface area contributed by atoms with Gasteiger partial charge in [-0.2, -0.15) is 0 Å². The second-order valence-corrected chi connectivity index (χ2v) is 11.3. The lowest BCUT2D eigenvalue weighted by Gasteiger charge is -2.27. The van der Waals surface area contributed by atoms with Crippen LogP contribution >= 0.6 is 0 Å². The molecule has 0 saturated heterocycles. The molecule has 0 aliphatic heterocycles. The van der Waals surface area contributed by atoms with E-state index in [0.717, 1.165) is 6.92 Å². The minimum absolute atomic E-state index is 0.154. The van der Waals surface area contributed by atoms with Crippen molar-refractivity contribution >= 4 is 35.9 Å². The summed E-state index contributed by atoms with van der Waals surface area (Å²) in [5, 5.41) is 6.50. The third kappa shape index (κ3) is 12.3. The molecule has 3 amide bonds. The average Bonchev–Trinajstić information content (AvgIpc) is 2.86. The first-order valence-electron chi connectivity index (χ1n) is 13.0. The van der Waals surface area contributed by atoms with Gasteiger partial charge in [-0.1, -0.05) is 30.3 Å². The number of esters is 1. The zero-order chi connectivity index (χ0) is 32.4. The monoisotopic (exact) mass is 606 g/mol. The number of rotatable bonds is 7. The summed E-state index contributed by atoms with van der Waals surface area (Å²) in [5.74, 6) is -1.94. The van der Waals surface area contributed by atoms with Gasteiger partial charge in [0.1, 0.15) is 23.6 Å². The van der Waals surface area contributed by atoms with Crippen LogP contribution in [-0.2, 0) is 25.6 Å². The zero-order valence-corrected chi connectivity index (χ0v) is 24.9. The largest absolute Gasteiger partial charge is 0.445 e. The lowest BCUT2D eigenvalue weighted by Crippen LogP contribution is -2.59. The highest BCUT2D eigenvalue weighted by atomic mass is 19.3. The number of benzene rings is 2. The molecule has 0 aromatic heterocycles. The van der Waals surface area contributed by atoms with E-state index in [0.29, 0.717) is 5.56 Å². The summed E-state index contributed by atoms with van der Waals surface area (Å²) in [4.78, 5) is 53.6. The van der Waals surface area contributed by atoms with Crippen molar-refractivity contribution in [2.45, 2.75) is 78.2 Å². The first-order valence-corrected chi connectivity index (χ1v) is 13.0. The molecule has 0 heterocycles. The third-order valence-electron chi connectivity index (χ3n) is 4.96. The highest BCUT2D eigenvalue weighted by molar-refractivity contribution is 6.02. The van der Waals surface area contributed by atoms with Crippen molar-refractivity contribution in [2.75, 3.05) is 0 Å². The number of hydrogen-bond donors (Lipinski definition) is 3. The number of guanidine groups is 1. The first-order chi connectivity index (χ1) is 19.9. The summed E-state index contributed by atoms with van der Waals surface area (Å²) < 4.78 is 48.2. The molecule has 2 aromatic carbocycles. The van der Waals surface area contributed by atoms with E-state index in [1.165, 1.54) is 24.3 Å². The molecule has 1 unspecified atom stereocenters. The van der Waals surface area contributed by atoms with Crippen LogP contribution in [0.1, 0.15) is 54.0 Å². The van der Waals surface area contributed by atoms with Crippen LogP contribution in [-0.4, -0.2) is 53.4 Å². The SMILES string of the molecule is CC(C)(C)OC(=O)NC(=Nc1ccc(OC(=O)C(C)(NC(=O)OCc2ccccc2)C(F)F)cc1)NC(=O)OC(C)(C)C. The quantitative estimate of drug-likeness (QED) is 0.121. The van der Waals surface area contributed by atoms with Crippen LogP contribution in [0, 0.1) is 0 Å². The van der Waals surface area contributed by atoms with E-state index in [2.05, 4.69) is 15.6 Å². The second-order valence-electron chi connectivity index (χ2n) is 11.3. The molecule has 0 bridgehead atoms. The van der Waals surface area contributed by atoms with Crippen molar-refractivity contribution in [1.29, 1.82) is 0 Å². The Morgan fingerprint density at radius 2 is 1.28 bits per heavy atom. The molecule has 234 valence electrons. The minimum atomic E-state index is -3.34. The number of carbonyl (C=O) groups excluding carboxylic acids is 4. The molecule has 3 N–H and O–H groups in total. The van der Waals surface area contributed by atoms with Gasteiger partial charge in [0.2, 0.25) is 5.96 Å². The zero-order valence-electron chi connectivity index (χ0n) is 24.9. The highest BCUT2D eigenvalue weighted by Gasteiger charge is 2.46. The number of aliphatic imine (C=N–C) groups is 1. The molecule has 1 atom stereocenters. The molecular weight excluding hydrogens is 570 g/mol. The fourth-order valence-corrected chi connectivity index (χ4v) is 2.98. The Balaban J connectivity index is 2.15. The Labute approximate surface area is 248 Å². The molecule has 43 heavy (non-hydrogen) atoms. The highest BCUT2D eigenvalue weighted by Crippen LogP contribution is 2.23. The van der Waals surface area contributed by atoms with Gasteiger partial charge in [0.25, 0.3) is 6.43 Å². The first kappa shape index (κ1) is 34.5. The van der Waals surface area contributed by atoms with Gasteiger partial charge in [0, 0.05) is 0 Å². The number of hydrogen-bond acceptors (Lipinski definition) is 9. The Kier molecular flexibility index (Phi) is 11.6. The number of alkyl halides is 2. The summed E-state index contributed by atoms with van der Waals surface area (Å²) in [6.07, 6.45) is -6.40. The Morgan fingerprint density at radius 3 is 1.74 bits per heavy atom. The lowest BCUT2D eigenvalue weighted by molar-refractivity contribution is -0.147. The van der Waals surface area contributed by atoms with Crippen LogP contribution < -0.4 is 20.7 Å². The van der Waals surface area contributed by atoms with Gasteiger partial charge in [0.05, 0.1) is 5.69 Å². The second kappa shape index (κ2) is 14.4. The van der Waals surface area contributed by atoms with Crippen molar-refractivity contribution in [3.05, 3.63) is 60.2 Å². The van der Waals surface area contributed by atoms with Crippen molar-refractivity contribution < 1.29 is 46.9 Å². The molecule has 14 heteroatoms. The van der Waals surface area contributed by atoms with Crippen molar-refractivity contribution in [1.82, 2.24) is 16.0 Å². The molecule has 0 fully saturated rings. The standard InChI is InChI=1S/C29H36F2N4O8/c1-27(2,3)42-24(37)33-23(34-25(38)43-28(4,5)6)32-19-13-15-20(16-14-19)41-22(36)29(7,21(30)31)35-26(39)40-17-18-11-9-8-10-12-18/h8-16,21H,17H2,1-7H3,(H,35,39)(H2,32,33,34,37,38). The van der Waals surface area contributed by atoms with Crippen molar-refractivity contribution in [3.8, 4) is 5.75 Å². The lowest BCUT2D eigenvalue weighted by atomic mass is 10.0. The topological polar surface area (TPSA) is 154 Å². The minimum Gasteiger partial charge on any atom is -0.445 e. The van der Waals surface area contributed by atoms with E-state index in [4.69, 9.17) is 18.9 Å². The summed E-state index contributed by atoms with van der Waals surface area (Å²) >= 11 is 0. The molecule has 0 saturated carbocycles. The van der Waals surface area contributed by atoms with Crippen LogP contribution in [0.25, 0.3) is 0 Å². The maximum atomic E-state index is 13.9. The smallest absolute Gasteiger partial charge is 0.414 e. The average molecular weight is 607 g/mol. The Hall–Kier alpha value is -4.75. The van der Waals surface area contributed by atoms with E-state index in [1.807, 2.05) is 5.32 Å². The molecular formula is C29H36F2N4O8. The fraction of sp³-hybridized carbons (Fsp3) is 0.414. The molecule has 0 radical (unpaired) electrons. The summed E-state index contributed by atoms with van der Waals surface area (Å²) in [6.45, 7) is 10.5. The number of halogens is 2. The van der Waals surface area contributed by atoms with Gasteiger partial charge in [0.15, 0.2) is 5.54 Å². The fourth-order valence-electron chi connectivity index (χ4n) is 2.98. The number of carbonyl (C=O) groups is 4. The van der Waals surface area contributed by atoms with E-state index >= 15 is 0 Å². The van der Waals surface area contributed by atoms with Crippen molar-refractivity contribution in [3.63, 3.8) is 0 Å². The number of nitrogens with zero attached hydrogens (tertiary/aromatic N) is 1. The molecule has 0 spiro atoms. The predicted octanol–water partition coefficient (Wildman–Crippen LogP) is 5.58. The summed E-state index contributed by atoms with van der Waals surface area (Å²) in [5.41, 5.74) is -3.64. The van der Waals surface area contributed by atoms with Crippen molar-refractivity contribution in [2.24, 2.45) is 4.99 Å². The van der Waals surface area contributed by atoms with Gasteiger partial charge in [-0.25, -0.2) is 33.0 Å². The van der Waals surface area contributed by atoms with Crippen LogP contribution in [0.3, 0.4) is 0 Å². The van der Waals surface area contributed by atoms with Crippen LogP contribution in [0.5, 0.6) is 5.75 Å². The Morgan fingerprint density at radius 1 is 0.767 bits per heavy atom. The van der Waals surface area contributed by atoms with E-state index in [1.54, 1.807) is 71.9 Å². The van der Waals surface area contributed by atoms with Crippen LogP contribution in [0.4, 0.5) is 28.9 Å². The normalized spacial score (nSPS) is 12.7. The molecule has 2 rings (SSSR count). The molecule has 0 aliphatic rings. The van der Waals surface area contributed by atoms with E-state index in [-0.39, 0.29) is 24.0 Å². The third-order valence-corrected chi connectivity index (χ3v) is 4.96. The van der Waals surface area contributed by atoms with Gasteiger partial charge in [-0.3, -0.25) is 10.6 Å².